The van der Waals surface area contributed by atoms with Gasteiger partial charge in [0.2, 0.25) is 0 Å². The minimum Gasteiger partial charge on any atom is -0.507 e. The van der Waals surface area contributed by atoms with Gasteiger partial charge in [-0.2, -0.15) is 0 Å². The van der Waals surface area contributed by atoms with Gasteiger partial charge in [-0.1, -0.05) is 15.9 Å². The van der Waals surface area contributed by atoms with Gasteiger partial charge in [0.15, 0.2) is 11.6 Å². The number of phenols is 1. The first-order valence-electron chi connectivity index (χ1n) is 5.39. The van der Waals surface area contributed by atoms with Crippen molar-refractivity contribution in [3.8, 4) is 17.1 Å². The third-order valence-corrected chi connectivity index (χ3v) is 3.25. The minimum absolute atomic E-state index is 0.00527. The molecule has 0 radical (unpaired) electrons. The Bertz CT molecular complexity index is 786. The topological polar surface area (TPSA) is 48.9 Å². The van der Waals surface area contributed by atoms with Crippen molar-refractivity contribution in [1.82, 2.24) is 9.97 Å². The lowest BCUT2D eigenvalue weighted by Gasteiger charge is -2.00. The van der Waals surface area contributed by atoms with Gasteiger partial charge in [0.1, 0.15) is 17.1 Å². The highest BCUT2D eigenvalue weighted by Gasteiger charge is 2.14. The van der Waals surface area contributed by atoms with Gasteiger partial charge in [0.25, 0.3) is 0 Å². The average molecular weight is 325 g/mol. The largest absolute Gasteiger partial charge is 0.507 e. The molecule has 1 aromatic heterocycles. The summed E-state index contributed by atoms with van der Waals surface area (Å²) in [5, 5.41) is 9.84. The van der Waals surface area contributed by atoms with E-state index >= 15 is 0 Å². The lowest BCUT2D eigenvalue weighted by Crippen LogP contribution is -1.84. The van der Waals surface area contributed by atoms with Crippen LogP contribution in [0.1, 0.15) is 0 Å². The van der Waals surface area contributed by atoms with Gasteiger partial charge in [-0.25, -0.2) is 13.8 Å². The fraction of sp³-hybridized carbons (Fsp3) is 0. The number of aromatic hydroxyl groups is 1. The van der Waals surface area contributed by atoms with E-state index in [-0.39, 0.29) is 17.1 Å². The van der Waals surface area contributed by atoms with Crippen molar-refractivity contribution in [2.75, 3.05) is 0 Å². The Hall–Kier alpha value is -1.95. The highest BCUT2D eigenvalue weighted by molar-refractivity contribution is 9.10. The van der Waals surface area contributed by atoms with E-state index in [1.807, 2.05) is 0 Å². The smallest absolute Gasteiger partial charge is 0.186 e. The third-order valence-electron chi connectivity index (χ3n) is 2.76. The first kappa shape index (κ1) is 12.1. The Morgan fingerprint density at radius 1 is 1.16 bits per heavy atom. The number of nitrogens with zero attached hydrogens (tertiary/aromatic N) is 1. The Morgan fingerprint density at radius 3 is 2.68 bits per heavy atom. The molecule has 0 atom stereocenters. The van der Waals surface area contributed by atoms with Crippen LogP contribution in [0.5, 0.6) is 5.75 Å². The Kier molecular flexibility index (Phi) is 2.74. The number of phenolic OH excluding ortho intramolecular Hbond substituents is 1. The molecule has 2 N–H and O–H groups in total. The first-order chi connectivity index (χ1) is 9.06. The van der Waals surface area contributed by atoms with Crippen LogP contribution in [-0.2, 0) is 0 Å². The molecule has 3 rings (SSSR count). The summed E-state index contributed by atoms with van der Waals surface area (Å²) < 4.78 is 27.4. The van der Waals surface area contributed by atoms with E-state index in [9.17, 15) is 13.9 Å². The second-order valence-corrected chi connectivity index (χ2v) is 4.92. The highest BCUT2D eigenvalue weighted by atomic mass is 79.9. The van der Waals surface area contributed by atoms with E-state index in [2.05, 4.69) is 25.9 Å². The molecular formula is C13H7BrF2N2O. The van der Waals surface area contributed by atoms with Gasteiger partial charge < -0.3 is 10.1 Å². The van der Waals surface area contributed by atoms with E-state index in [4.69, 9.17) is 0 Å². The first-order valence-corrected chi connectivity index (χ1v) is 6.18. The molecule has 0 saturated heterocycles. The predicted molar refractivity (Wildman–Crippen MR) is 70.8 cm³/mol. The van der Waals surface area contributed by atoms with Crippen LogP contribution in [-0.4, -0.2) is 15.1 Å². The molecule has 3 aromatic rings. The number of benzene rings is 2. The molecule has 6 heteroatoms. The Balaban J connectivity index is 2.23. The van der Waals surface area contributed by atoms with Crippen molar-refractivity contribution in [3.05, 3.63) is 46.4 Å². The number of nitrogens with one attached hydrogen (secondary N) is 1. The Labute approximate surface area is 115 Å². The molecule has 96 valence electrons. The molecule has 19 heavy (non-hydrogen) atoms. The number of aromatic amines is 1. The van der Waals surface area contributed by atoms with Gasteiger partial charge in [-0.3, -0.25) is 0 Å². The van der Waals surface area contributed by atoms with Crippen LogP contribution in [0.4, 0.5) is 8.78 Å². The molecule has 2 aromatic carbocycles. The number of hydrogen-bond donors (Lipinski definition) is 2. The molecule has 3 nitrogen and oxygen atoms in total. The molecule has 0 bridgehead atoms. The minimum atomic E-state index is -1.00. The van der Waals surface area contributed by atoms with Crippen LogP contribution < -0.4 is 0 Å². The summed E-state index contributed by atoms with van der Waals surface area (Å²) in [6, 6.07) is 7.28. The van der Waals surface area contributed by atoms with Gasteiger partial charge in [0.05, 0.1) is 11.1 Å². The van der Waals surface area contributed by atoms with Crippen molar-refractivity contribution in [1.29, 1.82) is 0 Å². The molecule has 1 heterocycles. The van der Waals surface area contributed by atoms with Gasteiger partial charge >= 0.3 is 0 Å². The summed E-state index contributed by atoms with van der Waals surface area (Å²) in [6.07, 6.45) is 0. The van der Waals surface area contributed by atoms with E-state index < -0.39 is 11.6 Å². The van der Waals surface area contributed by atoms with Crippen LogP contribution in [0, 0.1) is 11.6 Å². The molecule has 0 amide bonds. The maximum Gasteiger partial charge on any atom is 0.186 e. The quantitative estimate of drug-likeness (QED) is 0.711. The van der Waals surface area contributed by atoms with Gasteiger partial charge in [0, 0.05) is 4.47 Å². The molecule has 0 fully saturated rings. The number of hydrogen-bond acceptors (Lipinski definition) is 2. The monoisotopic (exact) mass is 324 g/mol. The molecule has 0 aliphatic rings. The van der Waals surface area contributed by atoms with Gasteiger partial charge in [-0.05, 0) is 30.3 Å². The second kappa shape index (κ2) is 4.31. The zero-order valence-corrected chi connectivity index (χ0v) is 11.0. The fourth-order valence-corrected chi connectivity index (χ4v) is 2.20. The molecule has 0 saturated carbocycles. The molecule has 0 spiro atoms. The SMILES string of the molecule is Oc1cc(Br)ccc1-c1nc2c(F)c(F)ccc2[nH]1. The van der Waals surface area contributed by atoms with E-state index in [0.717, 1.165) is 6.07 Å². The third kappa shape index (κ3) is 1.98. The standard InChI is InChI=1S/C13H7BrF2N2O/c14-6-1-2-7(10(19)5-6)13-17-9-4-3-8(15)11(16)12(9)18-13/h1-5,19H,(H,17,18). The maximum absolute atomic E-state index is 13.6. The average Bonchev–Trinajstić information content (AvgIpc) is 2.78. The fourth-order valence-electron chi connectivity index (χ4n) is 1.85. The number of aromatic nitrogens is 2. The van der Waals surface area contributed by atoms with Crippen molar-refractivity contribution < 1.29 is 13.9 Å². The number of halogens is 3. The molecule has 0 aliphatic carbocycles. The normalized spacial score (nSPS) is 11.1. The van der Waals surface area contributed by atoms with E-state index in [1.165, 1.54) is 12.1 Å². The summed E-state index contributed by atoms with van der Waals surface area (Å²) >= 11 is 3.22. The Morgan fingerprint density at radius 2 is 1.95 bits per heavy atom. The second-order valence-electron chi connectivity index (χ2n) is 4.00. The zero-order chi connectivity index (χ0) is 13.6. The van der Waals surface area contributed by atoms with Crippen LogP contribution in [0.3, 0.4) is 0 Å². The molecular weight excluding hydrogens is 318 g/mol. The van der Waals surface area contributed by atoms with Crippen molar-refractivity contribution >= 4 is 27.0 Å². The number of rotatable bonds is 1. The molecule has 0 unspecified atom stereocenters. The number of fused-ring (bicyclic) bond motifs is 1. The summed E-state index contributed by atoms with van der Waals surface area (Å²) in [5.41, 5.74) is 0.702. The van der Waals surface area contributed by atoms with E-state index in [1.54, 1.807) is 12.1 Å². The van der Waals surface area contributed by atoms with Crippen molar-refractivity contribution in [2.24, 2.45) is 0 Å². The summed E-state index contributed by atoms with van der Waals surface area (Å²) in [7, 11) is 0. The van der Waals surface area contributed by atoms with Crippen LogP contribution in [0.25, 0.3) is 22.4 Å². The van der Waals surface area contributed by atoms with Gasteiger partial charge in [-0.15, -0.1) is 0 Å². The number of H-pyrrole nitrogens is 1. The predicted octanol–water partition coefficient (Wildman–Crippen LogP) is 3.98. The van der Waals surface area contributed by atoms with E-state index in [0.29, 0.717) is 15.6 Å². The van der Waals surface area contributed by atoms with Crippen molar-refractivity contribution in [2.45, 2.75) is 0 Å². The lowest BCUT2D eigenvalue weighted by molar-refractivity contribution is 0.476. The van der Waals surface area contributed by atoms with Crippen LogP contribution >= 0.6 is 15.9 Å². The highest BCUT2D eigenvalue weighted by Crippen LogP contribution is 2.31. The maximum atomic E-state index is 13.6. The summed E-state index contributed by atoms with van der Waals surface area (Å²) in [5.74, 6) is -1.68. The molecule has 0 aliphatic heterocycles. The lowest BCUT2D eigenvalue weighted by atomic mass is 10.2. The van der Waals surface area contributed by atoms with Crippen LogP contribution in [0.15, 0.2) is 34.8 Å². The zero-order valence-electron chi connectivity index (χ0n) is 9.42. The summed E-state index contributed by atoms with van der Waals surface area (Å²) in [4.78, 5) is 6.84. The van der Waals surface area contributed by atoms with Crippen molar-refractivity contribution in [3.63, 3.8) is 0 Å². The summed E-state index contributed by atoms with van der Waals surface area (Å²) in [6.45, 7) is 0. The van der Waals surface area contributed by atoms with Crippen LogP contribution in [0.2, 0.25) is 0 Å². The number of imidazole rings is 1.